The number of hydrogen-bond donors (Lipinski definition) is 1. The van der Waals surface area contributed by atoms with Crippen LogP contribution in [0.3, 0.4) is 0 Å². The van der Waals surface area contributed by atoms with Gasteiger partial charge in [-0.15, -0.1) is 11.3 Å². The number of rotatable bonds is 3. The summed E-state index contributed by atoms with van der Waals surface area (Å²) in [4.78, 5) is 15.6. The van der Waals surface area contributed by atoms with Crippen molar-refractivity contribution in [2.45, 2.75) is 19.3 Å². The van der Waals surface area contributed by atoms with Crippen LogP contribution in [0.25, 0.3) is 0 Å². The molecule has 2 rings (SSSR count). The highest BCUT2D eigenvalue weighted by Gasteiger charge is 2.20. The zero-order chi connectivity index (χ0) is 10.8. The molecule has 1 aliphatic carbocycles. The van der Waals surface area contributed by atoms with Crippen molar-refractivity contribution in [3.63, 3.8) is 0 Å². The van der Waals surface area contributed by atoms with Crippen LogP contribution in [0.5, 0.6) is 0 Å². The van der Waals surface area contributed by atoms with E-state index in [4.69, 9.17) is 5.11 Å². The number of nitrogens with zero attached hydrogens (tertiary/aromatic N) is 1. The van der Waals surface area contributed by atoms with Crippen LogP contribution in [-0.4, -0.2) is 36.1 Å². The van der Waals surface area contributed by atoms with Gasteiger partial charge in [0, 0.05) is 18.5 Å². The van der Waals surface area contributed by atoms with Crippen LogP contribution in [0, 0.1) is 0 Å². The summed E-state index contributed by atoms with van der Waals surface area (Å²) in [5, 5.41) is 8.76. The first-order valence-electron chi connectivity index (χ1n) is 5.20. The number of carbonyl (C=O) groups excluding carboxylic acids is 1. The van der Waals surface area contributed by atoms with Gasteiger partial charge < -0.3 is 10.0 Å². The molecule has 1 aromatic heterocycles. The van der Waals surface area contributed by atoms with Crippen LogP contribution in [-0.2, 0) is 12.8 Å². The average molecular weight is 225 g/mol. The highest BCUT2D eigenvalue weighted by molar-refractivity contribution is 7.14. The van der Waals surface area contributed by atoms with Crippen molar-refractivity contribution in [2.24, 2.45) is 0 Å². The number of aryl methyl sites for hydroxylation is 2. The molecule has 15 heavy (non-hydrogen) atoms. The molecule has 4 heteroatoms. The topological polar surface area (TPSA) is 40.5 Å². The molecule has 0 saturated heterocycles. The molecular formula is C11H15NO2S. The Morgan fingerprint density at radius 2 is 2.40 bits per heavy atom. The summed E-state index contributed by atoms with van der Waals surface area (Å²) < 4.78 is 0. The van der Waals surface area contributed by atoms with Crippen LogP contribution >= 0.6 is 11.3 Å². The molecule has 0 spiro atoms. The van der Waals surface area contributed by atoms with Gasteiger partial charge in [-0.2, -0.15) is 0 Å². The normalized spacial score (nSPS) is 14.0. The van der Waals surface area contributed by atoms with E-state index in [-0.39, 0.29) is 12.5 Å². The van der Waals surface area contributed by atoms with Gasteiger partial charge in [0.2, 0.25) is 0 Å². The molecule has 0 aliphatic heterocycles. The number of thiophene rings is 1. The minimum absolute atomic E-state index is 0.0212. The number of aliphatic hydroxyl groups is 1. The summed E-state index contributed by atoms with van der Waals surface area (Å²) in [6.07, 6.45) is 3.46. The number of hydrogen-bond acceptors (Lipinski definition) is 3. The second kappa shape index (κ2) is 4.33. The highest BCUT2D eigenvalue weighted by Crippen LogP contribution is 2.30. The van der Waals surface area contributed by atoms with Gasteiger partial charge in [-0.3, -0.25) is 4.79 Å². The Balaban J connectivity index is 2.12. The predicted octanol–water partition coefficient (Wildman–Crippen LogP) is 1.30. The number of likely N-dealkylation sites (N-methyl/N-ethyl adjacent to an activating group) is 1. The summed E-state index contributed by atoms with van der Waals surface area (Å²) in [5.41, 5.74) is 1.35. The fourth-order valence-electron chi connectivity index (χ4n) is 1.87. The van der Waals surface area contributed by atoms with E-state index >= 15 is 0 Å². The van der Waals surface area contributed by atoms with E-state index in [1.165, 1.54) is 16.9 Å². The van der Waals surface area contributed by atoms with Crippen molar-refractivity contribution >= 4 is 17.2 Å². The van der Waals surface area contributed by atoms with E-state index in [9.17, 15) is 4.79 Å². The van der Waals surface area contributed by atoms with E-state index in [1.54, 1.807) is 23.3 Å². The highest BCUT2D eigenvalue weighted by atomic mass is 32.1. The first-order valence-corrected chi connectivity index (χ1v) is 6.02. The zero-order valence-corrected chi connectivity index (χ0v) is 9.64. The number of carbonyl (C=O) groups is 1. The molecule has 1 heterocycles. The van der Waals surface area contributed by atoms with Gasteiger partial charge in [0.15, 0.2) is 0 Å². The van der Waals surface area contributed by atoms with Gasteiger partial charge in [-0.05, 0) is 30.9 Å². The van der Waals surface area contributed by atoms with Crippen molar-refractivity contribution in [2.75, 3.05) is 20.2 Å². The molecule has 1 N–H and O–H groups in total. The van der Waals surface area contributed by atoms with Crippen molar-refractivity contribution in [3.05, 3.63) is 21.4 Å². The largest absolute Gasteiger partial charge is 0.395 e. The van der Waals surface area contributed by atoms with E-state index in [0.29, 0.717) is 6.54 Å². The van der Waals surface area contributed by atoms with Gasteiger partial charge >= 0.3 is 0 Å². The standard InChI is InChI=1S/C11H15NO2S/c1-12(5-6-13)11(14)10-7-8-3-2-4-9(8)15-10/h7,13H,2-6H2,1H3. The maximum Gasteiger partial charge on any atom is 0.263 e. The van der Waals surface area contributed by atoms with E-state index in [1.807, 2.05) is 6.07 Å². The third-order valence-electron chi connectivity index (χ3n) is 2.74. The third kappa shape index (κ3) is 2.06. The Kier molecular flexibility index (Phi) is 3.07. The fraction of sp³-hybridized carbons (Fsp3) is 0.545. The lowest BCUT2D eigenvalue weighted by molar-refractivity contribution is 0.0771. The lowest BCUT2D eigenvalue weighted by Gasteiger charge is -2.13. The zero-order valence-electron chi connectivity index (χ0n) is 8.82. The van der Waals surface area contributed by atoms with Crippen LogP contribution in [0.15, 0.2) is 6.07 Å². The van der Waals surface area contributed by atoms with Gasteiger partial charge in [0.25, 0.3) is 5.91 Å². The quantitative estimate of drug-likeness (QED) is 0.842. The molecule has 1 aliphatic rings. The molecule has 0 bridgehead atoms. The Bertz CT molecular complexity index is 351. The molecule has 1 aromatic rings. The maximum atomic E-state index is 11.9. The van der Waals surface area contributed by atoms with Crippen LogP contribution in [0.2, 0.25) is 0 Å². The third-order valence-corrected chi connectivity index (χ3v) is 3.96. The molecule has 0 atom stereocenters. The second-order valence-corrected chi connectivity index (χ2v) is 5.00. The molecule has 0 saturated carbocycles. The summed E-state index contributed by atoms with van der Waals surface area (Å²) in [7, 11) is 1.73. The van der Waals surface area contributed by atoms with Gasteiger partial charge in [0.1, 0.15) is 0 Å². The molecule has 0 fully saturated rings. The van der Waals surface area contributed by atoms with Crippen molar-refractivity contribution in [1.29, 1.82) is 0 Å². The second-order valence-electron chi connectivity index (χ2n) is 3.86. The summed E-state index contributed by atoms with van der Waals surface area (Å²) in [5.74, 6) is 0.0310. The van der Waals surface area contributed by atoms with Gasteiger partial charge in [-0.25, -0.2) is 0 Å². The molecule has 0 radical (unpaired) electrons. The molecule has 3 nitrogen and oxygen atoms in total. The summed E-state index contributed by atoms with van der Waals surface area (Å²) >= 11 is 1.61. The molecule has 0 unspecified atom stereocenters. The smallest absolute Gasteiger partial charge is 0.263 e. The number of fused-ring (bicyclic) bond motifs is 1. The molecule has 0 aromatic carbocycles. The maximum absolute atomic E-state index is 11.9. The molecule has 1 amide bonds. The lowest BCUT2D eigenvalue weighted by Crippen LogP contribution is -2.28. The number of aliphatic hydroxyl groups excluding tert-OH is 1. The van der Waals surface area contributed by atoms with Crippen LogP contribution in [0.4, 0.5) is 0 Å². The Hall–Kier alpha value is -0.870. The van der Waals surface area contributed by atoms with Crippen LogP contribution in [0.1, 0.15) is 26.5 Å². The minimum atomic E-state index is 0.0212. The Morgan fingerprint density at radius 3 is 3.07 bits per heavy atom. The van der Waals surface area contributed by atoms with E-state index < -0.39 is 0 Å². The minimum Gasteiger partial charge on any atom is -0.395 e. The first kappa shape index (κ1) is 10.6. The number of amides is 1. The van der Waals surface area contributed by atoms with Crippen molar-refractivity contribution in [1.82, 2.24) is 4.90 Å². The lowest BCUT2D eigenvalue weighted by atomic mass is 10.2. The van der Waals surface area contributed by atoms with Gasteiger partial charge in [-0.1, -0.05) is 0 Å². The van der Waals surface area contributed by atoms with E-state index in [2.05, 4.69) is 0 Å². The van der Waals surface area contributed by atoms with Gasteiger partial charge in [0.05, 0.1) is 11.5 Å². The SMILES string of the molecule is CN(CCO)C(=O)c1cc2c(s1)CCC2. The van der Waals surface area contributed by atoms with Crippen molar-refractivity contribution in [3.8, 4) is 0 Å². The molecular weight excluding hydrogens is 210 g/mol. The molecule has 82 valence electrons. The van der Waals surface area contributed by atoms with E-state index in [0.717, 1.165) is 17.7 Å². The summed E-state index contributed by atoms with van der Waals surface area (Å²) in [6, 6.07) is 2.02. The first-order chi connectivity index (χ1) is 7.22. The van der Waals surface area contributed by atoms with Crippen LogP contribution < -0.4 is 0 Å². The summed E-state index contributed by atoms with van der Waals surface area (Å²) in [6.45, 7) is 0.425. The Labute approximate surface area is 93.3 Å². The predicted molar refractivity (Wildman–Crippen MR) is 60.4 cm³/mol. The Morgan fingerprint density at radius 1 is 1.60 bits per heavy atom. The monoisotopic (exact) mass is 225 g/mol. The van der Waals surface area contributed by atoms with Crippen molar-refractivity contribution < 1.29 is 9.90 Å². The fourth-order valence-corrected chi connectivity index (χ4v) is 3.12. The average Bonchev–Trinajstić information content (AvgIpc) is 2.75.